The van der Waals surface area contributed by atoms with Crippen LogP contribution in [-0.2, 0) is 19.1 Å². The molecule has 15 heavy (non-hydrogen) atoms. The zero-order chi connectivity index (χ0) is 11.6. The number of methoxy groups -OCH3 is 1. The van der Waals surface area contributed by atoms with Crippen LogP contribution in [0, 0.1) is 0 Å². The van der Waals surface area contributed by atoms with Crippen molar-refractivity contribution in [1.29, 1.82) is 0 Å². The molecule has 0 spiro atoms. The van der Waals surface area contributed by atoms with Crippen molar-refractivity contribution in [2.45, 2.75) is 13.8 Å². The summed E-state index contributed by atoms with van der Waals surface area (Å²) >= 11 is 0. The highest BCUT2D eigenvalue weighted by Crippen LogP contribution is 1.87. The lowest BCUT2D eigenvalue weighted by Gasteiger charge is -1.91. The maximum atomic E-state index is 10.2. The highest BCUT2D eigenvalue weighted by molar-refractivity contribution is 5.86. The van der Waals surface area contributed by atoms with Gasteiger partial charge in [-0.15, -0.1) is 12.4 Å². The minimum atomic E-state index is -0.359. The average molecular weight is 237 g/mol. The lowest BCUT2D eigenvalue weighted by atomic mass is 10.4. The summed E-state index contributed by atoms with van der Waals surface area (Å²) < 4.78 is 8.71. The summed E-state index contributed by atoms with van der Waals surface area (Å²) in [5.74, 6) is -0.706. The number of carbonyl (C=O) groups excluding carboxylic acids is 2. The minimum Gasteiger partial charge on any atom is -0.466 e. The predicted molar refractivity (Wildman–Crippen MR) is 60.9 cm³/mol. The Morgan fingerprint density at radius 3 is 1.93 bits per heavy atom. The molecule has 0 aromatic carbocycles. The van der Waals surface area contributed by atoms with Crippen LogP contribution < -0.4 is 0 Å². The number of rotatable bonds is 3. The van der Waals surface area contributed by atoms with Gasteiger partial charge in [0.1, 0.15) is 0 Å². The molecule has 0 saturated carbocycles. The van der Waals surface area contributed by atoms with E-state index in [1.807, 2.05) is 0 Å². The van der Waals surface area contributed by atoms with Crippen molar-refractivity contribution in [3.8, 4) is 0 Å². The van der Waals surface area contributed by atoms with Gasteiger partial charge in [-0.25, -0.2) is 9.59 Å². The number of ether oxygens (including phenoxy) is 2. The Labute approximate surface area is 96.4 Å². The molecule has 0 N–H and O–H groups in total. The van der Waals surface area contributed by atoms with Crippen molar-refractivity contribution in [3.63, 3.8) is 0 Å². The molecule has 0 bridgehead atoms. The quantitative estimate of drug-likeness (QED) is 0.555. The molecule has 4 nitrogen and oxygen atoms in total. The van der Waals surface area contributed by atoms with E-state index in [0.717, 1.165) is 6.08 Å². The van der Waals surface area contributed by atoms with Crippen molar-refractivity contribution in [2.75, 3.05) is 13.7 Å². The molecule has 0 saturated heterocycles. The van der Waals surface area contributed by atoms with Gasteiger partial charge in [-0.1, -0.05) is 13.2 Å². The van der Waals surface area contributed by atoms with Gasteiger partial charge in [0.05, 0.1) is 13.7 Å². The van der Waals surface area contributed by atoms with Crippen molar-refractivity contribution >= 4 is 24.3 Å². The first-order valence-electron chi connectivity index (χ1n) is 4.02. The number of esters is 2. The van der Waals surface area contributed by atoms with Crippen LogP contribution in [0.2, 0.25) is 0 Å². The molecule has 0 radical (unpaired) electrons. The maximum absolute atomic E-state index is 10.2. The highest BCUT2D eigenvalue weighted by atomic mass is 35.5. The van der Waals surface area contributed by atoms with Crippen molar-refractivity contribution in [2.24, 2.45) is 0 Å². The molecule has 0 aromatic rings. The topological polar surface area (TPSA) is 52.6 Å². The smallest absolute Gasteiger partial charge is 0.332 e. The maximum Gasteiger partial charge on any atom is 0.332 e. The van der Waals surface area contributed by atoms with Crippen LogP contribution in [0.15, 0.2) is 24.8 Å². The Hall–Kier alpha value is -1.29. The van der Waals surface area contributed by atoms with Gasteiger partial charge in [0.15, 0.2) is 0 Å². The van der Waals surface area contributed by atoms with Gasteiger partial charge >= 0.3 is 11.9 Å². The van der Waals surface area contributed by atoms with Crippen LogP contribution >= 0.6 is 12.4 Å². The van der Waals surface area contributed by atoms with Crippen LogP contribution in [0.25, 0.3) is 0 Å². The normalized spacial score (nSPS) is 7.13. The standard InChI is InChI=1S/2C5H8O2.ClH/c1-4(2)5(6)7-3;1-3-5(6)7-4-2;/h1H2,2-3H3;3H,1,4H2,2H3;1H. The summed E-state index contributed by atoms with van der Waals surface area (Å²) in [6, 6.07) is 0. The van der Waals surface area contributed by atoms with Gasteiger partial charge in [0, 0.05) is 11.6 Å². The zero-order valence-corrected chi connectivity index (χ0v) is 10.1. The molecule has 0 rings (SSSR count). The van der Waals surface area contributed by atoms with Gasteiger partial charge in [-0.05, 0) is 13.8 Å². The summed E-state index contributed by atoms with van der Waals surface area (Å²) in [7, 11) is 1.33. The van der Waals surface area contributed by atoms with E-state index in [4.69, 9.17) is 0 Å². The van der Waals surface area contributed by atoms with Gasteiger partial charge in [-0.3, -0.25) is 0 Å². The fraction of sp³-hybridized carbons (Fsp3) is 0.400. The van der Waals surface area contributed by atoms with Crippen LogP contribution in [0.5, 0.6) is 0 Å². The van der Waals surface area contributed by atoms with Crippen LogP contribution in [-0.4, -0.2) is 25.7 Å². The van der Waals surface area contributed by atoms with Gasteiger partial charge in [0.25, 0.3) is 0 Å². The summed E-state index contributed by atoms with van der Waals surface area (Å²) in [4.78, 5) is 20.3. The monoisotopic (exact) mass is 236 g/mol. The summed E-state index contributed by atoms with van der Waals surface area (Å²) in [6.07, 6.45) is 1.14. The van der Waals surface area contributed by atoms with E-state index in [-0.39, 0.29) is 24.3 Å². The van der Waals surface area contributed by atoms with E-state index >= 15 is 0 Å². The second kappa shape index (κ2) is 12.7. The molecule has 0 unspecified atom stereocenters. The first-order chi connectivity index (χ1) is 6.49. The van der Waals surface area contributed by atoms with E-state index in [1.54, 1.807) is 13.8 Å². The molecule has 5 heteroatoms. The number of hydrogen-bond donors (Lipinski definition) is 0. The van der Waals surface area contributed by atoms with Crippen LogP contribution in [0.4, 0.5) is 0 Å². The van der Waals surface area contributed by atoms with Crippen LogP contribution in [0.3, 0.4) is 0 Å². The third-order valence-corrected chi connectivity index (χ3v) is 0.987. The molecule has 0 atom stereocenters. The fourth-order valence-corrected chi connectivity index (χ4v) is 0.375. The van der Waals surface area contributed by atoms with Crippen molar-refractivity contribution in [1.82, 2.24) is 0 Å². The predicted octanol–water partition coefficient (Wildman–Crippen LogP) is 1.89. The van der Waals surface area contributed by atoms with Crippen molar-refractivity contribution in [3.05, 3.63) is 24.8 Å². The largest absolute Gasteiger partial charge is 0.466 e. The van der Waals surface area contributed by atoms with E-state index in [0.29, 0.717) is 12.2 Å². The molecular formula is C10H17ClO4. The average Bonchev–Trinajstić information content (AvgIpc) is 2.17. The van der Waals surface area contributed by atoms with Gasteiger partial charge < -0.3 is 9.47 Å². The third-order valence-electron chi connectivity index (χ3n) is 0.987. The first kappa shape index (κ1) is 19.3. The molecule has 0 fully saturated rings. The molecule has 0 heterocycles. The first-order valence-corrected chi connectivity index (χ1v) is 4.02. The minimum absolute atomic E-state index is 0. The van der Waals surface area contributed by atoms with E-state index in [2.05, 4.69) is 22.6 Å². The molecular weight excluding hydrogens is 220 g/mol. The number of carbonyl (C=O) groups is 2. The Bertz CT molecular complexity index is 221. The Kier molecular flexibility index (Phi) is 16.4. The van der Waals surface area contributed by atoms with E-state index < -0.39 is 0 Å². The zero-order valence-electron chi connectivity index (χ0n) is 9.24. The number of hydrogen-bond acceptors (Lipinski definition) is 4. The molecule has 0 aromatic heterocycles. The Morgan fingerprint density at radius 2 is 1.87 bits per heavy atom. The van der Waals surface area contributed by atoms with Gasteiger partial charge in [-0.2, -0.15) is 0 Å². The Balaban J connectivity index is -0.000000180. The fourth-order valence-electron chi connectivity index (χ4n) is 0.375. The summed E-state index contributed by atoms with van der Waals surface area (Å²) in [5, 5.41) is 0. The number of halogens is 1. The van der Waals surface area contributed by atoms with E-state index in [9.17, 15) is 9.59 Å². The van der Waals surface area contributed by atoms with Crippen molar-refractivity contribution < 1.29 is 19.1 Å². The summed E-state index contributed by atoms with van der Waals surface area (Å²) in [5.41, 5.74) is 0.433. The van der Waals surface area contributed by atoms with E-state index in [1.165, 1.54) is 7.11 Å². The molecule has 0 amide bonds. The van der Waals surface area contributed by atoms with Gasteiger partial charge in [0.2, 0.25) is 0 Å². The molecule has 88 valence electrons. The van der Waals surface area contributed by atoms with Crippen LogP contribution in [0.1, 0.15) is 13.8 Å². The summed E-state index contributed by atoms with van der Waals surface area (Å²) in [6.45, 7) is 10.3. The second-order valence-electron chi connectivity index (χ2n) is 2.23. The Morgan fingerprint density at radius 1 is 1.40 bits per heavy atom. The third kappa shape index (κ3) is 15.5. The highest BCUT2D eigenvalue weighted by Gasteiger charge is 1.95. The molecule has 0 aliphatic rings. The SMILES string of the molecule is C=C(C)C(=O)OC.C=CC(=O)OCC.Cl. The molecule has 0 aliphatic carbocycles. The lowest BCUT2D eigenvalue weighted by molar-refractivity contribution is -0.137. The molecule has 0 aliphatic heterocycles. The lowest BCUT2D eigenvalue weighted by Crippen LogP contribution is -1.98. The second-order valence-corrected chi connectivity index (χ2v) is 2.23.